The summed E-state index contributed by atoms with van der Waals surface area (Å²) in [5, 5.41) is 12.2. The van der Waals surface area contributed by atoms with Crippen LogP contribution in [-0.4, -0.2) is 41.8 Å². The summed E-state index contributed by atoms with van der Waals surface area (Å²) in [7, 11) is 0. The van der Waals surface area contributed by atoms with Crippen molar-refractivity contribution in [2.75, 3.05) is 19.7 Å². The van der Waals surface area contributed by atoms with Crippen LogP contribution in [0.3, 0.4) is 0 Å². The van der Waals surface area contributed by atoms with Gasteiger partial charge in [-0.2, -0.15) is 0 Å². The molecular weight excluding hydrogens is 228 g/mol. The fourth-order valence-electron chi connectivity index (χ4n) is 3.20. The van der Waals surface area contributed by atoms with Gasteiger partial charge in [0.2, 0.25) is 0 Å². The summed E-state index contributed by atoms with van der Waals surface area (Å²) >= 11 is 0. The van der Waals surface area contributed by atoms with Crippen LogP contribution in [0.15, 0.2) is 0 Å². The third-order valence-electron chi connectivity index (χ3n) is 4.54. The molecule has 2 rings (SSSR count). The minimum atomic E-state index is 0.0593. The maximum absolute atomic E-state index is 12.1. The molecule has 1 saturated heterocycles. The monoisotopic (exact) mass is 254 g/mol. The second kappa shape index (κ2) is 6.41. The van der Waals surface area contributed by atoms with E-state index >= 15 is 0 Å². The topological polar surface area (TPSA) is 52.6 Å². The first-order chi connectivity index (χ1) is 8.70. The van der Waals surface area contributed by atoms with Crippen molar-refractivity contribution in [1.82, 2.24) is 10.2 Å². The number of hydrogen-bond donors (Lipinski definition) is 2. The fourth-order valence-corrected chi connectivity index (χ4v) is 3.20. The van der Waals surface area contributed by atoms with Gasteiger partial charge in [-0.3, -0.25) is 0 Å². The van der Waals surface area contributed by atoms with E-state index in [2.05, 4.69) is 12.2 Å². The van der Waals surface area contributed by atoms with Crippen molar-refractivity contribution in [3.8, 4) is 0 Å². The molecule has 18 heavy (non-hydrogen) atoms. The van der Waals surface area contributed by atoms with Crippen molar-refractivity contribution in [1.29, 1.82) is 0 Å². The predicted octanol–water partition coefficient (Wildman–Crippen LogP) is 1.98. The Morgan fingerprint density at radius 2 is 2.06 bits per heavy atom. The van der Waals surface area contributed by atoms with Crippen LogP contribution in [0.5, 0.6) is 0 Å². The third kappa shape index (κ3) is 3.37. The summed E-state index contributed by atoms with van der Waals surface area (Å²) in [4.78, 5) is 13.9. The van der Waals surface area contributed by atoms with E-state index in [4.69, 9.17) is 5.11 Å². The molecule has 0 aromatic heterocycles. The van der Waals surface area contributed by atoms with Crippen molar-refractivity contribution in [3.63, 3.8) is 0 Å². The lowest BCUT2D eigenvalue weighted by atomic mass is 9.84. The molecule has 2 atom stereocenters. The van der Waals surface area contributed by atoms with Crippen molar-refractivity contribution in [3.05, 3.63) is 0 Å². The van der Waals surface area contributed by atoms with E-state index in [1.807, 2.05) is 4.90 Å². The SMILES string of the molecule is CC(NC(=O)N1CCC(CO)C1)C1CCCCC1. The first-order valence-electron chi connectivity index (χ1n) is 7.37. The van der Waals surface area contributed by atoms with Crippen LogP contribution < -0.4 is 5.32 Å². The number of rotatable bonds is 3. The number of hydrogen-bond acceptors (Lipinski definition) is 2. The molecule has 4 heteroatoms. The molecular formula is C14H26N2O2. The molecule has 4 nitrogen and oxygen atoms in total. The number of nitrogens with one attached hydrogen (secondary N) is 1. The lowest BCUT2D eigenvalue weighted by molar-refractivity contribution is 0.187. The summed E-state index contributed by atoms with van der Waals surface area (Å²) in [6.45, 7) is 3.82. The van der Waals surface area contributed by atoms with Gasteiger partial charge in [0.05, 0.1) is 0 Å². The van der Waals surface area contributed by atoms with Gasteiger partial charge in [-0.1, -0.05) is 19.3 Å². The summed E-state index contributed by atoms with van der Waals surface area (Å²) in [5.74, 6) is 0.930. The van der Waals surface area contributed by atoms with Gasteiger partial charge in [0.25, 0.3) is 0 Å². The first kappa shape index (κ1) is 13.7. The standard InChI is InChI=1S/C14H26N2O2/c1-11(13-5-3-2-4-6-13)15-14(18)16-8-7-12(9-16)10-17/h11-13,17H,2-10H2,1H3,(H,15,18). The number of aliphatic hydroxyl groups excluding tert-OH is 1. The molecule has 2 unspecified atom stereocenters. The van der Waals surface area contributed by atoms with Gasteiger partial charge in [0.1, 0.15) is 0 Å². The average molecular weight is 254 g/mol. The lowest BCUT2D eigenvalue weighted by Crippen LogP contribution is -2.46. The Balaban J connectivity index is 1.76. The predicted molar refractivity (Wildman–Crippen MR) is 71.3 cm³/mol. The van der Waals surface area contributed by atoms with E-state index in [-0.39, 0.29) is 24.6 Å². The summed E-state index contributed by atoms with van der Waals surface area (Å²) in [6.07, 6.45) is 7.40. The maximum atomic E-state index is 12.1. The minimum Gasteiger partial charge on any atom is -0.396 e. The molecule has 0 spiro atoms. The Morgan fingerprint density at radius 1 is 1.33 bits per heavy atom. The van der Waals surface area contributed by atoms with Crippen LogP contribution in [0.2, 0.25) is 0 Å². The molecule has 0 bridgehead atoms. The normalized spacial score (nSPS) is 27.2. The highest BCUT2D eigenvalue weighted by Gasteiger charge is 2.28. The van der Waals surface area contributed by atoms with Crippen molar-refractivity contribution in [2.24, 2.45) is 11.8 Å². The fraction of sp³-hybridized carbons (Fsp3) is 0.929. The molecule has 2 amide bonds. The van der Waals surface area contributed by atoms with E-state index in [1.54, 1.807) is 0 Å². The van der Waals surface area contributed by atoms with E-state index in [0.717, 1.165) is 13.0 Å². The Kier molecular flexibility index (Phi) is 4.87. The number of aliphatic hydroxyl groups is 1. The van der Waals surface area contributed by atoms with Crippen LogP contribution in [0.25, 0.3) is 0 Å². The molecule has 1 heterocycles. The molecule has 2 N–H and O–H groups in total. The van der Waals surface area contributed by atoms with Gasteiger partial charge in [-0.15, -0.1) is 0 Å². The van der Waals surface area contributed by atoms with Gasteiger partial charge >= 0.3 is 6.03 Å². The maximum Gasteiger partial charge on any atom is 0.317 e. The van der Waals surface area contributed by atoms with E-state index in [0.29, 0.717) is 12.5 Å². The molecule has 2 aliphatic rings. The Bertz CT molecular complexity index is 277. The Morgan fingerprint density at radius 3 is 2.67 bits per heavy atom. The summed E-state index contributed by atoms with van der Waals surface area (Å²) in [6, 6.07) is 0.343. The van der Waals surface area contributed by atoms with Gasteiger partial charge in [-0.05, 0) is 32.1 Å². The van der Waals surface area contributed by atoms with Gasteiger partial charge in [-0.25, -0.2) is 4.79 Å². The zero-order valence-corrected chi connectivity index (χ0v) is 11.4. The highest BCUT2D eigenvalue weighted by molar-refractivity contribution is 5.74. The molecule has 1 aliphatic heterocycles. The number of likely N-dealkylation sites (tertiary alicyclic amines) is 1. The molecule has 0 radical (unpaired) electrons. The number of amides is 2. The van der Waals surface area contributed by atoms with Crippen LogP contribution in [0.4, 0.5) is 4.79 Å². The highest BCUT2D eigenvalue weighted by Crippen LogP contribution is 2.26. The van der Waals surface area contributed by atoms with Crippen LogP contribution in [-0.2, 0) is 0 Å². The Hall–Kier alpha value is -0.770. The molecule has 1 saturated carbocycles. The van der Waals surface area contributed by atoms with Gasteiger partial charge in [0.15, 0.2) is 0 Å². The number of urea groups is 1. The average Bonchev–Trinajstić information content (AvgIpc) is 2.88. The van der Waals surface area contributed by atoms with Crippen LogP contribution in [0, 0.1) is 11.8 Å². The molecule has 2 fully saturated rings. The molecule has 104 valence electrons. The largest absolute Gasteiger partial charge is 0.396 e. The number of carbonyl (C=O) groups excluding carboxylic acids is 1. The summed E-state index contributed by atoms with van der Waals surface area (Å²) in [5.41, 5.74) is 0. The summed E-state index contributed by atoms with van der Waals surface area (Å²) < 4.78 is 0. The smallest absolute Gasteiger partial charge is 0.317 e. The van der Waals surface area contributed by atoms with E-state index < -0.39 is 0 Å². The lowest BCUT2D eigenvalue weighted by Gasteiger charge is -2.29. The molecule has 0 aromatic carbocycles. The zero-order valence-electron chi connectivity index (χ0n) is 11.4. The van der Waals surface area contributed by atoms with Gasteiger partial charge in [0, 0.05) is 31.7 Å². The third-order valence-corrected chi connectivity index (χ3v) is 4.54. The number of nitrogens with zero attached hydrogens (tertiary/aromatic N) is 1. The highest BCUT2D eigenvalue weighted by atomic mass is 16.3. The first-order valence-corrected chi connectivity index (χ1v) is 7.37. The van der Waals surface area contributed by atoms with E-state index in [9.17, 15) is 4.79 Å². The van der Waals surface area contributed by atoms with Crippen molar-refractivity contribution >= 4 is 6.03 Å². The van der Waals surface area contributed by atoms with Crippen molar-refractivity contribution in [2.45, 2.75) is 51.5 Å². The molecule has 0 aromatic rings. The van der Waals surface area contributed by atoms with Crippen molar-refractivity contribution < 1.29 is 9.90 Å². The second-order valence-electron chi connectivity index (χ2n) is 5.92. The second-order valence-corrected chi connectivity index (χ2v) is 5.92. The van der Waals surface area contributed by atoms with Crippen LogP contribution in [0.1, 0.15) is 45.4 Å². The quantitative estimate of drug-likeness (QED) is 0.809. The van der Waals surface area contributed by atoms with Gasteiger partial charge < -0.3 is 15.3 Å². The van der Waals surface area contributed by atoms with Crippen LogP contribution >= 0.6 is 0 Å². The minimum absolute atomic E-state index is 0.0593. The van der Waals surface area contributed by atoms with E-state index in [1.165, 1.54) is 32.1 Å². The zero-order chi connectivity index (χ0) is 13.0. The molecule has 1 aliphatic carbocycles. The Labute approximate surface area is 110 Å². The number of carbonyl (C=O) groups is 1.